The first-order valence-corrected chi connectivity index (χ1v) is 7.18. The molecule has 0 aromatic heterocycles. The highest BCUT2D eigenvalue weighted by atomic mass is 32.2. The number of aryl methyl sites for hydroxylation is 1. The highest BCUT2D eigenvalue weighted by molar-refractivity contribution is 7.90. The maximum atomic E-state index is 11.6. The zero-order valence-electron chi connectivity index (χ0n) is 10.4. The number of hydrogen-bond donors (Lipinski definition) is 0. The molecule has 0 saturated heterocycles. The second-order valence-electron chi connectivity index (χ2n) is 3.80. The molecule has 0 aliphatic rings. The molecule has 1 aromatic rings. The largest absolute Gasteiger partial charge is 0.460 e. The summed E-state index contributed by atoms with van der Waals surface area (Å²) in [5.74, 6) is -1.72. The summed E-state index contributed by atoms with van der Waals surface area (Å²) in [6.45, 7) is 3.28. The van der Waals surface area contributed by atoms with Crippen molar-refractivity contribution in [3.05, 3.63) is 29.3 Å². The average molecular weight is 270 g/mol. The van der Waals surface area contributed by atoms with Crippen LogP contribution in [0.4, 0.5) is 0 Å². The van der Waals surface area contributed by atoms with Gasteiger partial charge < -0.3 is 4.74 Å². The normalized spacial score (nSPS) is 11.1. The molecule has 0 atom stereocenters. The Labute approximate surface area is 106 Å². The summed E-state index contributed by atoms with van der Waals surface area (Å²) in [5.41, 5.74) is 0.547. The lowest BCUT2D eigenvalue weighted by Crippen LogP contribution is -2.17. The smallest absolute Gasteiger partial charge is 0.379 e. The van der Waals surface area contributed by atoms with Crippen LogP contribution in [0.5, 0.6) is 0 Å². The van der Waals surface area contributed by atoms with E-state index in [2.05, 4.69) is 4.74 Å². The van der Waals surface area contributed by atoms with E-state index in [1.165, 1.54) is 18.2 Å². The van der Waals surface area contributed by atoms with E-state index in [9.17, 15) is 18.0 Å². The minimum absolute atomic E-state index is 0.116. The summed E-state index contributed by atoms with van der Waals surface area (Å²) < 4.78 is 27.4. The number of benzene rings is 1. The molecule has 0 radical (unpaired) electrons. The van der Waals surface area contributed by atoms with Gasteiger partial charge in [0.2, 0.25) is 0 Å². The number of rotatable bonds is 4. The Morgan fingerprint density at radius 2 is 1.89 bits per heavy atom. The lowest BCUT2D eigenvalue weighted by molar-refractivity contribution is -0.137. The fraction of sp³-hybridized carbons (Fsp3) is 0.333. The summed E-state index contributed by atoms with van der Waals surface area (Å²) in [4.78, 5) is 23.0. The maximum absolute atomic E-state index is 11.6. The van der Waals surface area contributed by atoms with Crippen LogP contribution in [0.1, 0.15) is 22.8 Å². The Balaban J connectivity index is 3.13. The van der Waals surface area contributed by atoms with Gasteiger partial charge in [-0.1, -0.05) is 0 Å². The predicted octanol–water partition coefficient (Wildman–Crippen LogP) is 1.14. The molecule has 0 fully saturated rings. The van der Waals surface area contributed by atoms with Crippen LogP contribution in [-0.2, 0) is 19.4 Å². The lowest BCUT2D eigenvalue weighted by atomic mass is 10.1. The minimum Gasteiger partial charge on any atom is -0.460 e. The number of carbonyl (C=O) groups excluding carboxylic acids is 2. The number of ketones is 1. The van der Waals surface area contributed by atoms with Crippen molar-refractivity contribution in [1.29, 1.82) is 0 Å². The van der Waals surface area contributed by atoms with Gasteiger partial charge in [-0.05, 0) is 37.6 Å². The second-order valence-corrected chi connectivity index (χ2v) is 5.79. The van der Waals surface area contributed by atoms with Crippen molar-refractivity contribution in [3.63, 3.8) is 0 Å². The van der Waals surface area contributed by atoms with Crippen molar-refractivity contribution in [2.24, 2.45) is 0 Å². The van der Waals surface area contributed by atoms with Crippen LogP contribution in [0.3, 0.4) is 0 Å². The van der Waals surface area contributed by atoms with Crippen LogP contribution < -0.4 is 0 Å². The van der Waals surface area contributed by atoms with Crippen molar-refractivity contribution in [3.8, 4) is 0 Å². The van der Waals surface area contributed by atoms with Gasteiger partial charge in [-0.3, -0.25) is 4.79 Å². The SMILES string of the molecule is CCOC(=O)C(=O)c1ccc(S(C)(=O)=O)c(C)c1. The molecule has 1 rings (SSSR count). The van der Waals surface area contributed by atoms with Crippen molar-refractivity contribution in [1.82, 2.24) is 0 Å². The molecule has 0 saturated carbocycles. The molecule has 0 aliphatic carbocycles. The molecule has 0 N–H and O–H groups in total. The molecule has 6 heteroatoms. The first-order valence-electron chi connectivity index (χ1n) is 5.29. The van der Waals surface area contributed by atoms with Crippen LogP contribution in [0, 0.1) is 6.92 Å². The number of sulfone groups is 1. The number of ether oxygens (including phenoxy) is 1. The van der Waals surface area contributed by atoms with Crippen molar-refractivity contribution in [2.45, 2.75) is 18.7 Å². The molecule has 0 aliphatic heterocycles. The van der Waals surface area contributed by atoms with Crippen LogP contribution in [0.15, 0.2) is 23.1 Å². The zero-order valence-corrected chi connectivity index (χ0v) is 11.2. The van der Waals surface area contributed by atoms with Crippen molar-refractivity contribution < 1.29 is 22.7 Å². The number of carbonyl (C=O) groups is 2. The zero-order chi connectivity index (χ0) is 13.9. The summed E-state index contributed by atoms with van der Waals surface area (Å²) in [7, 11) is -3.33. The molecule has 0 unspecified atom stereocenters. The Kier molecular flexibility index (Phi) is 4.24. The minimum atomic E-state index is -3.33. The molecule has 0 amide bonds. The molecule has 0 spiro atoms. The summed E-state index contributed by atoms with van der Waals surface area (Å²) in [5, 5.41) is 0. The molecular formula is C12H14O5S. The second kappa shape index (κ2) is 5.30. The fourth-order valence-electron chi connectivity index (χ4n) is 1.52. The Bertz CT molecular complexity index is 586. The Hall–Kier alpha value is -1.69. The summed E-state index contributed by atoms with van der Waals surface area (Å²) in [6.07, 6.45) is 1.09. The number of Topliss-reactive ketones (excluding diaryl/α,β-unsaturated/α-hetero) is 1. The van der Waals surface area contributed by atoms with Gasteiger partial charge in [0, 0.05) is 11.8 Å². The van der Waals surface area contributed by atoms with Gasteiger partial charge in [-0.25, -0.2) is 13.2 Å². The van der Waals surface area contributed by atoms with Crippen molar-refractivity contribution >= 4 is 21.6 Å². The van der Waals surface area contributed by atoms with Crippen LogP contribution in [0.25, 0.3) is 0 Å². The average Bonchev–Trinajstić information content (AvgIpc) is 2.26. The third kappa shape index (κ3) is 3.16. The monoisotopic (exact) mass is 270 g/mol. The standard InChI is InChI=1S/C12H14O5S/c1-4-17-12(14)11(13)9-5-6-10(8(2)7-9)18(3,15)16/h5-7H,4H2,1-3H3. The molecule has 0 heterocycles. The van der Waals surface area contributed by atoms with Crippen LogP contribution in [-0.4, -0.2) is 33.0 Å². The van der Waals surface area contributed by atoms with E-state index < -0.39 is 21.6 Å². The third-order valence-electron chi connectivity index (χ3n) is 2.30. The van der Waals surface area contributed by atoms with Gasteiger partial charge in [0.25, 0.3) is 5.78 Å². The lowest BCUT2D eigenvalue weighted by Gasteiger charge is -2.06. The van der Waals surface area contributed by atoms with Gasteiger partial charge >= 0.3 is 5.97 Å². The van der Waals surface area contributed by atoms with Gasteiger partial charge in [0.05, 0.1) is 11.5 Å². The Morgan fingerprint density at radius 1 is 1.28 bits per heavy atom. The first kappa shape index (κ1) is 14.4. The molecule has 98 valence electrons. The predicted molar refractivity (Wildman–Crippen MR) is 65.3 cm³/mol. The quantitative estimate of drug-likeness (QED) is 0.466. The van der Waals surface area contributed by atoms with Gasteiger partial charge in [-0.2, -0.15) is 0 Å². The molecule has 1 aromatic carbocycles. The van der Waals surface area contributed by atoms with Gasteiger partial charge in [-0.15, -0.1) is 0 Å². The van der Waals surface area contributed by atoms with Crippen LogP contribution in [0.2, 0.25) is 0 Å². The number of esters is 1. The van der Waals surface area contributed by atoms with E-state index in [0.29, 0.717) is 5.56 Å². The van der Waals surface area contributed by atoms with Crippen molar-refractivity contribution in [2.75, 3.05) is 12.9 Å². The fourth-order valence-corrected chi connectivity index (χ4v) is 2.48. The highest BCUT2D eigenvalue weighted by Crippen LogP contribution is 2.17. The maximum Gasteiger partial charge on any atom is 0.379 e. The van der Waals surface area contributed by atoms with E-state index in [-0.39, 0.29) is 17.1 Å². The van der Waals surface area contributed by atoms with E-state index in [1.54, 1.807) is 13.8 Å². The first-order chi connectivity index (χ1) is 8.27. The van der Waals surface area contributed by atoms with Gasteiger partial charge in [0.1, 0.15) is 0 Å². The van der Waals surface area contributed by atoms with E-state index in [4.69, 9.17) is 0 Å². The molecule has 0 bridgehead atoms. The van der Waals surface area contributed by atoms with Gasteiger partial charge in [0.15, 0.2) is 9.84 Å². The topological polar surface area (TPSA) is 77.5 Å². The van der Waals surface area contributed by atoms with E-state index in [1.807, 2.05) is 0 Å². The molecular weight excluding hydrogens is 256 g/mol. The van der Waals surface area contributed by atoms with E-state index >= 15 is 0 Å². The summed E-state index contributed by atoms with van der Waals surface area (Å²) in [6, 6.07) is 4.00. The summed E-state index contributed by atoms with van der Waals surface area (Å²) >= 11 is 0. The highest BCUT2D eigenvalue weighted by Gasteiger charge is 2.19. The Morgan fingerprint density at radius 3 is 2.33 bits per heavy atom. The molecule has 5 nitrogen and oxygen atoms in total. The third-order valence-corrected chi connectivity index (χ3v) is 3.55. The molecule has 18 heavy (non-hydrogen) atoms. The van der Waals surface area contributed by atoms with Crippen LogP contribution >= 0.6 is 0 Å². The number of hydrogen-bond acceptors (Lipinski definition) is 5. The van der Waals surface area contributed by atoms with E-state index in [0.717, 1.165) is 6.26 Å².